The van der Waals surface area contributed by atoms with Crippen molar-refractivity contribution >= 4 is 27.7 Å². The third-order valence-corrected chi connectivity index (χ3v) is 4.37. The molecule has 1 aromatic carbocycles. The van der Waals surface area contributed by atoms with Gasteiger partial charge in [0.2, 0.25) is 0 Å². The van der Waals surface area contributed by atoms with Crippen LogP contribution < -0.4 is 10.6 Å². The number of anilines is 2. The Kier molecular flexibility index (Phi) is 2.29. The van der Waals surface area contributed by atoms with Crippen LogP contribution in [0.4, 0.5) is 11.4 Å². The number of thiazole rings is 1. The lowest BCUT2D eigenvalue weighted by molar-refractivity contribution is 0.820. The van der Waals surface area contributed by atoms with E-state index in [2.05, 4.69) is 38.0 Å². The van der Waals surface area contributed by atoms with E-state index in [1.165, 1.54) is 11.3 Å². The maximum Gasteiger partial charge on any atom is 0.193 e. The van der Waals surface area contributed by atoms with Crippen LogP contribution in [0.2, 0.25) is 0 Å². The van der Waals surface area contributed by atoms with E-state index >= 15 is 0 Å². The molecule has 1 aliphatic rings. The van der Waals surface area contributed by atoms with E-state index < -0.39 is 0 Å². The summed E-state index contributed by atoms with van der Waals surface area (Å²) < 4.78 is 2.08. The van der Waals surface area contributed by atoms with Gasteiger partial charge in [0.25, 0.3) is 0 Å². The number of rotatable bonds is 2. The smallest absolute Gasteiger partial charge is 0.193 e. The maximum atomic E-state index is 5.89. The molecule has 2 N–H and O–H groups in total. The molecule has 0 saturated heterocycles. The minimum atomic E-state index is 0.830. The van der Waals surface area contributed by atoms with E-state index in [0.29, 0.717) is 0 Å². The van der Waals surface area contributed by atoms with Crippen molar-refractivity contribution in [1.29, 1.82) is 0 Å². The zero-order chi connectivity index (χ0) is 12.8. The largest absolute Gasteiger partial charge is 0.399 e. The number of benzene rings is 1. The van der Waals surface area contributed by atoms with Gasteiger partial charge in [-0.3, -0.25) is 4.40 Å². The van der Waals surface area contributed by atoms with Crippen molar-refractivity contribution in [1.82, 2.24) is 9.38 Å². The molecule has 0 spiro atoms. The van der Waals surface area contributed by atoms with Gasteiger partial charge in [0.1, 0.15) is 0 Å². The summed E-state index contributed by atoms with van der Waals surface area (Å²) in [5.41, 5.74) is 10.5. The first-order chi connectivity index (χ1) is 9.29. The molecule has 1 aliphatic heterocycles. The first-order valence-electron chi connectivity index (χ1n) is 6.34. The van der Waals surface area contributed by atoms with Gasteiger partial charge in [-0.2, -0.15) is 0 Å². The van der Waals surface area contributed by atoms with Gasteiger partial charge in [0.15, 0.2) is 4.96 Å². The fourth-order valence-electron chi connectivity index (χ4n) is 2.67. The van der Waals surface area contributed by atoms with Crippen molar-refractivity contribution in [3.05, 3.63) is 47.2 Å². The molecule has 0 aliphatic carbocycles. The molecule has 0 atom stereocenters. The molecule has 0 radical (unpaired) electrons. The molecule has 3 heterocycles. The van der Waals surface area contributed by atoms with E-state index in [9.17, 15) is 0 Å². The van der Waals surface area contributed by atoms with Gasteiger partial charge in [-0.15, -0.1) is 11.3 Å². The fraction of sp³-hybridized carbons (Fsp3) is 0.214. The minimum absolute atomic E-state index is 0.830. The maximum absolute atomic E-state index is 5.89. The Bertz CT molecular complexity index is 714. The average molecular weight is 270 g/mol. The molecule has 2 aromatic heterocycles. The van der Waals surface area contributed by atoms with Crippen LogP contribution in [-0.2, 0) is 13.0 Å². The number of aromatic nitrogens is 2. The van der Waals surface area contributed by atoms with Gasteiger partial charge in [-0.25, -0.2) is 4.98 Å². The second-order valence-corrected chi connectivity index (χ2v) is 5.76. The van der Waals surface area contributed by atoms with Gasteiger partial charge in [0.05, 0.1) is 12.2 Å². The van der Waals surface area contributed by atoms with E-state index in [-0.39, 0.29) is 0 Å². The third kappa shape index (κ3) is 1.77. The highest BCUT2D eigenvalue weighted by atomic mass is 32.1. The van der Waals surface area contributed by atoms with Crippen LogP contribution in [0.1, 0.15) is 11.3 Å². The van der Waals surface area contributed by atoms with Crippen LogP contribution in [-0.4, -0.2) is 15.9 Å². The van der Waals surface area contributed by atoms with E-state index in [4.69, 9.17) is 5.73 Å². The normalized spacial score (nSPS) is 14.2. The Morgan fingerprint density at radius 1 is 1.37 bits per heavy atom. The second kappa shape index (κ2) is 3.99. The van der Waals surface area contributed by atoms with Gasteiger partial charge in [-0.05, 0) is 24.1 Å². The first-order valence-corrected chi connectivity index (χ1v) is 7.22. The van der Waals surface area contributed by atoms with Crippen LogP contribution in [0.5, 0.6) is 0 Å². The summed E-state index contributed by atoms with van der Waals surface area (Å²) in [6.07, 6.45) is 5.25. The topological polar surface area (TPSA) is 46.6 Å². The lowest BCUT2D eigenvalue weighted by atomic mass is 10.1. The summed E-state index contributed by atoms with van der Waals surface area (Å²) in [5, 5.41) is 2.05. The van der Waals surface area contributed by atoms with Crippen molar-refractivity contribution < 1.29 is 0 Å². The number of hydrogen-bond acceptors (Lipinski definition) is 4. The summed E-state index contributed by atoms with van der Waals surface area (Å²) in [4.78, 5) is 8.06. The van der Waals surface area contributed by atoms with Gasteiger partial charge < -0.3 is 10.6 Å². The number of fused-ring (bicyclic) bond motifs is 2. The van der Waals surface area contributed by atoms with E-state index in [1.807, 2.05) is 12.3 Å². The van der Waals surface area contributed by atoms with Crippen molar-refractivity contribution in [2.75, 3.05) is 17.2 Å². The highest BCUT2D eigenvalue weighted by Crippen LogP contribution is 2.31. The summed E-state index contributed by atoms with van der Waals surface area (Å²) in [7, 11) is 0. The number of nitrogens with zero attached hydrogens (tertiary/aromatic N) is 3. The Hall–Kier alpha value is -2.01. The number of imidazole rings is 1. The summed E-state index contributed by atoms with van der Waals surface area (Å²) in [5.74, 6) is 0. The molecule has 4 rings (SSSR count). The predicted molar refractivity (Wildman–Crippen MR) is 78.7 cm³/mol. The van der Waals surface area contributed by atoms with Crippen LogP contribution in [0.15, 0.2) is 36.0 Å². The van der Waals surface area contributed by atoms with Crippen molar-refractivity contribution in [2.45, 2.75) is 13.0 Å². The summed E-state index contributed by atoms with van der Waals surface area (Å²) in [6, 6.07) is 6.19. The fourth-order valence-corrected chi connectivity index (χ4v) is 3.39. The van der Waals surface area contributed by atoms with Gasteiger partial charge >= 0.3 is 0 Å². The molecule has 4 nitrogen and oxygen atoms in total. The lowest BCUT2D eigenvalue weighted by Gasteiger charge is -2.18. The predicted octanol–water partition coefficient (Wildman–Crippen LogP) is 2.54. The van der Waals surface area contributed by atoms with Crippen LogP contribution in [0.3, 0.4) is 0 Å². The number of nitrogens with two attached hydrogens (primary N) is 1. The molecular formula is C14H14N4S. The number of nitrogen functional groups attached to an aromatic ring is 1. The van der Waals surface area contributed by atoms with Crippen molar-refractivity contribution in [3.63, 3.8) is 0 Å². The van der Waals surface area contributed by atoms with E-state index in [1.54, 1.807) is 11.3 Å². The molecule has 19 heavy (non-hydrogen) atoms. The highest BCUT2D eigenvalue weighted by molar-refractivity contribution is 7.15. The molecule has 0 saturated carbocycles. The monoisotopic (exact) mass is 270 g/mol. The quantitative estimate of drug-likeness (QED) is 0.728. The molecule has 0 amide bonds. The van der Waals surface area contributed by atoms with Crippen LogP contribution in [0, 0.1) is 0 Å². The lowest BCUT2D eigenvalue weighted by Crippen LogP contribution is -2.19. The standard InChI is InChI=1S/C14H14N4S/c15-11-2-1-10-3-4-17(13(10)7-11)8-12-9-18-5-6-19-14(18)16-12/h1-2,5-7,9H,3-4,8,15H2. The third-order valence-electron chi connectivity index (χ3n) is 3.60. The van der Waals surface area contributed by atoms with Gasteiger partial charge in [-0.1, -0.05) is 6.07 Å². The van der Waals surface area contributed by atoms with Crippen LogP contribution >= 0.6 is 11.3 Å². The highest BCUT2D eigenvalue weighted by Gasteiger charge is 2.20. The molecule has 96 valence electrons. The van der Waals surface area contributed by atoms with Crippen LogP contribution in [0.25, 0.3) is 4.96 Å². The molecule has 5 heteroatoms. The molecule has 0 bridgehead atoms. The zero-order valence-electron chi connectivity index (χ0n) is 10.4. The summed E-state index contributed by atoms with van der Waals surface area (Å²) in [6.45, 7) is 1.90. The molecule has 0 unspecified atom stereocenters. The Labute approximate surface area is 115 Å². The zero-order valence-corrected chi connectivity index (χ0v) is 11.2. The van der Waals surface area contributed by atoms with Crippen molar-refractivity contribution in [2.24, 2.45) is 0 Å². The number of hydrogen-bond donors (Lipinski definition) is 1. The average Bonchev–Trinajstić information content (AvgIpc) is 3.04. The Balaban J connectivity index is 1.65. The first kappa shape index (κ1) is 10.9. The second-order valence-electron chi connectivity index (χ2n) is 4.88. The van der Waals surface area contributed by atoms with Gasteiger partial charge in [0, 0.05) is 35.7 Å². The Morgan fingerprint density at radius 2 is 2.32 bits per heavy atom. The minimum Gasteiger partial charge on any atom is -0.399 e. The summed E-state index contributed by atoms with van der Waals surface area (Å²) >= 11 is 1.67. The molecular weight excluding hydrogens is 256 g/mol. The Morgan fingerprint density at radius 3 is 3.21 bits per heavy atom. The van der Waals surface area contributed by atoms with E-state index in [0.717, 1.165) is 35.9 Å². The molecule has 3 aromatic rings. The molecule has 0 fully saturated rings. The van der Waals surface area contributed by atoms with Crippen molar-refractivity contribution in [3.8, 4) is 0 Å². The SMILES string of the molecule is Nc1ccc2c(c1)N(Cc1cn3ccsc3n1)CC2.